The molecule has 0 fully saturated rings. The zero-order chi connectivity index (χ0) is 16.3. The third-order valence-corrected chi connectivity index (χ3v) is 3.91. The number of ether oxygens (including phenoxy) is 2. The molecule has 0 saturated heterocycles. The quantitative estimate of drug-likeness (QED) is 0.641. The monoisotopic (exact) mass is 296 g/mol. The minimum atomic E-state index is 0.225. The van der Waals surface area contributed by atoms with Crippen LogP contribution < -0.4 is 0 Å². The molecule has 0 heterocycles. The molecule has 0 aromatic heterocycles. The highest BCUT2D eigenvalue weighted by atomic mass is 16.5. The molecule has 2 nitrogen and oxygen atoms in total. The predicted octanol–water partition coefficient (Wildman–Crippen LogP) is 5.54. The van der Waals surface area contributed by atoms with Crippen molar-refractivity contribution in [3.63, 3.8) is 0 Å². The van der Waals surface area contributed by atoms with Gasteiger partial charge in [-0.3, -0.25) is 0 Å². The molecule has 1 rings (SSSR count). The maximum absolute atomic E-state index is 5.53. The number of allylic oxidation sites excluding steroid dienone is 3. The van der Waals surface area contributed by atoms with Crippen LogP contribution in [0.5, 0.6) is 0 Å². The van der Waals surface area contributed by atoms with E-state index in [1.54, 1.807) is 5.57 Å². The van der Waals surface area contributed by atoms with Crippen LogP contribution in [0.2, 0.25) is 0 Å². The van der Waals surface area contributed by atoms with Crippen molar-refractivity contribution in [3.05, 3.63) is 23.3 Å². The van der Waals surface area contributed by atoms with E-state index >= 15 is 0 Å². The van der Waals surface area contributed by atoms with Crippen molar-refractivity contribution in [2.45, 2.75) is 73.8 Å². The Hall–Kier alpha value is -0.600. The van der Waals surface area contributed by atoms with Gasteiger partial charge in [0, 0.05) is 19.8 Å². The second-order valence-electron chi connectivity index (χ2n) is 6.23. The molecule has 21 heavy (non-hydrogen) atoms. The molecule has 1 aliphatic rings. The van der Waals surface area contributed by atoms with Gasteiger partial charge in [-0.1, -0.05) is 31.6 Å². The van der Waals surface area contributed by atoms with Crippen LogP contribution in [0.3, 0.4) is 0 Å². The van der Waals surface area contributed by atoms with E-state index in [1.807, 2.05) is 20.8 Å². The number of hydrogen-bond donors (Lipinski definition) is 0. The summed E-state index contributed by atoms with van der Waals surface area (Å²) < 4.78 is 10.4. The van der Waals surface area contributed by atoms with Crippen LogP contribution in [0.15, 0.2) is 23.3 Å². The largest absolute Gasteiger partial charge is 0.382 e. The van der Waals surface area contributed by atoms with Crippen LogP contribution in [-0.2, 0) is 9.47 Å². The molecule has 1 unspecified atom stereocenters. The summed E-state index contributed by atoms with van der Waals surface area (Å²) in [6.45, 7) is 17.6. The van der Waals surface area contributed by atoms with Gasteiger partial charge in [-0.15, -0.1) is 0 Å². The second kappa shape index (κ2) is 11.0. The lowest BCUT2D eigenvalue weighted by Crippen LogP contribution is -2.19. The number of rotatable bonds is 6. The highest BCUT2D eigenvalue weighted by Gasteiger charge is 2.26. The summed E-state index contributed by atoms with van der Waals surface area (Å²) in [5.41, 5.74) is 3.41. The molecular formula is C19H36O2. The fraction of sp³-hybridized carbons (Fsp3) is 0.789. The lowest BCUT2D eigenvalue weighted by Gasteiger charge is -2.33. The fourth-order valence-corrected chi connectivity index (χ4v) is 2.76. The topological polar surface area (TPSA) is 18.5 Å². The lowest BCUT2D eigenvalue weighted by molar-refractivity contribution is 0.109. The minimum absolute atomic E-state index is 0.225. The van der Waals surface area contributed by atoms with Crippen LogP contribution >= 0.6 is 0 Å². The van der Waals surface area contributed by atoms with Gasteiger partial charge in [0.2, 0.25) is 0 Å². The van der Waals surface area contributed by atoms with Crippen molar-refractivity contribution in [3.8, 4) is 0 Å². The van der Waals surface area contributed by atoms with Gasteiger partial charge in [-0.2, -0.15) is 0 Å². The molecule has 124 valence electrons. The summed E-state index contributed by atoms with van der Waals surface area (Å²) >= 11 is 0. The Bertz CT molecular complexity index is 324. The van der Waals surface area contributed by atoms with Gasteiger partial charge in [-0.05, 0) is 64.9 Å². The van der Waals surface area contributed by atoms with Gasteiger partial charge in [0.05, 0.1) is 6.10 Å². The lowest BCUT2D eigenvalue weighted by atomic mass is 9.72. The Labute approximate surface area is 132 Å². The van der Waals surface area contributed by atoms with E-state index in [0.29, 0.717) is 5.41 Å². The Morgan fingerprint density at radius 3 is 2.19 bits per heavy atom. The van der Waals surface area contributed by atoms with E-state index in [4.69, 9.17) is 9.47 Å². The standard InChI is InChI=1S/C15H26O.C4H10O/c1-6-16-13(3)9-10-14-12(2)8-7-11-15(14,4)5;1-3-5-4-2/h9-10,13H,6-8,11H2,1-5H3;3-4H2,1-2H3. The number of hydrogen-bond acceptors (Lipinski definition) is 2. The first-order valence-electron chi connectivity index (χ1n) is 8.46. The molecule has 2 heteroatoms. The van der Waals surface area contributed by atoms with E-state index in [0.717, 1.165) is 19.8 Å². The molecule has 0 aliphatic heterocycles. The molecule has 0 radical (unpaired) electrons. The van der Waals surface area contributed by atoms with Gasteiger partial charge in [-0.25, -0.2) is 0 Å². The summed E-state index contributed by atoms with van der Waals surface area (Å²) in [5, 5.41) is 0. The summed E-state index contributed by atoms with van der Waals surface area (Å²) in [6.07, 6.45) is 8.59. The van der Waals surface area contributed by atoms with E-state index in [9.17, 15) is 0 Å². The molecule has 0 bridgehead atoms. The Morgan fingerprint density at radius 1 is 1.14 bits per heavy atom. The second-order valence-corrected chi connectivity index (χ2v) is 6.23. The average molecular weight is 296 g/mol. The van der Waals surface area contributed by atoms with E-state index in [-0.39, 0.29) is 6.10 Å². The van der Waals surface area contributed by atoms with Crippen LogP contribution in [-0.4, -0.2) is 25.9 Å². The smallest absolute Gasteiger partial charge is 0.0730 e. The zero-order valence-electron chi connectivity index (χ0n) is 15.3. The maximum atomic E-state index is 5.53. The van der Waals surface area contributed by atoms with Crippen molar-refractivity contribution < 1.29 is 9.47 Å². The maximum Gasteiger partial charge on any atom is 0.0730 e. The predicted molar refractivity (Wildman–Crippen MR) is 92.7 cm³/mol. The summed E-state index contributed by atoms with van der Waals surface area (Å²) in [5.74, 6) is 0. The summed E-state index contributed by atoms with van der Waals surface area (Å²) in [7, 11) is 0. The Morgan fingerprint density at radius 2 is 1.76 bits per heavy atom. The summed E-state index contributed by atoms with van der Waals surface area (Å²) in [6, 6.07) is 0. The van der Waals surface area contributed by atoms with Crippen molar-refractivity contribution >= 4 is 0 Å². The van der Waals surface area contributed by atoms with Gasteiger partial charge < -0.3 is 9.47 Å². The average Bonchev–Trinajstić information content (AvgIpc) is 2.39. The van der Waals surface area contributed by atoms with Gasteiger partial charge in [0.25, 0.3) is 0 Å². The highest BCUT2D eigenvalue weighted by Crippen LogP contribution is 2.40. The fourth-order valence-electron chi connectivity index (χ4n) is 2.76. The molecule has 0 aromatic carbocycles. The molecule has 0 spiro atoms. The van der Waals surface area contributed by atoms with Gasteiger partial charge >= 0.3 is 0 Å². The molecule has 1 aliphatic carbocycles. The molecule has 0 aromatic rings. The first-order valence-corrected chi connectivity index (χ1v) is 8.46. The van der Waals surface area contributed by atoms with Crippen LogP contribution in [0.1, 0.15) is 67.7 Å². The van der Waals surface area contributed by atoms with Crippen LogP contribution in [0.4, 0.5) is 0 Å². The van der Waals surface area contributed by atoms with Crippen molar-refractivity contribution in [2.24, 2.45) is 5.41 Å². The van der Waals surface area contributed by atoms with E-state index in [1.165, 1.54) is 24.8 Å². The van der Waals surface area contributed by atoms with Crippen molar-refractivity contribution in [1.29, 1.82) is 0 Å². The van der Waals surface area contributed by atoms with Crippen molar-refractivity contribution in [2.75, 3.05) is 19.8 Å². The summed E-state index contributed by atoms with van der Waals surface area (Å²) in [4.78, 5) is 0. The first-order chi connectivity index (χ1) is 9.88. The van der Waals surface area contributed by atoms with E-state index < -0.39 is 0 Å². The third-order valence-electron chi connectivity index (χ3n) is 3.91. The molecule has 1 atom stereocenters. The minimum Gasteiger partial charge on any atom is -0.382 e. The van der Waals surface area contributed by atoms with Crippen LogP contribution in [0, 0.1) is 5.41 Å². The molecule has 0 amide bonds. The SMILES string of the molecule is CCOC(C)C=CC1=C(C)CCCC1(C)C.CCOCC. The van der Waals surface area contributed by atoms with Crippen molar-refractivity contribution in [1.82, 2.24) is 0 Å². The zero-order valence-corrected chi connectivity index (χ0v) is 15.3. The van der Waals surface area contributed by atoms with Gasteiger partial charge in [0.1, 0.15) is 0 Å². The molecule has 0 saturated carbocycles. The molecular weight excluding hydrogens is 260 g/mol. The normalized spacial score (nSPS) is 19.4. The highest BCUT2D eigenvalue weighted by molar-refractivity contribution is 5.32. The van der Waals surface area contributed by atoms with E-state index in [2.05, 4.69) is 39.8 Å². The third kappa shape index (κ3) is 8.43. The molecule has 0 N–H and O–H groups in total. The Kier molecular flexibility index (Phi) is 10.7. The van der Waals surface area contributed by atoms with Crippen LogP contribution in [0.25, 0.3) is 0 Å². The first kappa shape index (κ1) is 20.4. The Balaban J connectivity index is 0.000000690. The van der Waals surface area contributed by atoms with Gasteiger partial charge in [0.15, 0.2) is 0 Å².